The van der Waals surface area contributed by atoms with E-state index in [2.05, 4.69) is 16.3 Å². The lowest BCUT2D eigenvalue weighted by Crippen LogP contribution is -2.19. The van der Waals surface area contributed by atoms with E-state index in [1.165, 1.54) is 30.5 Å². The molecule has 0 bridgehead atoms. The van der Waals surface area contributed by atoms with Crippen molar-refractivity contribution in [3.63, 3.8) is 0 Å². The normalized spacial score (nSPS) is 12.8. The standard InChI is InChI=1S/C20H20F3NO3/c1-3-4-14-26-15-8-10-16(24-2)9-7-12-18(25)17-11-5-6-13-19(17)27-20(21,22)23/h3-11,13-14H,1,12,15H2,2H3/b9-7-,10-8+,14-4-,24-16?. The first kappa shape index (κ1) is 22.0. The quantitative estimate of drug-likeness (QED) is 0.188. The summed E-state index contributed by atoms with van der Waals surface area (Å²) in [6.07, 6.45) is 6.33. The Morgan fingerprint density at radius 2 is 1.93 bits per heavy atom. The molecule has 1 aromatic carbocycles. The van der Waals surface area contributed by atoms with E-state index in [1.54, 1.807) is 37.4 Å². The number of nitrogens with zero attached hydrogens (tertiary/aromatic N) is 1. The Balaban J connectivity index is 2.66. The predicted molar refractivity (Wildman–Crippen MR) is 99.0 cm³/mol. The smallest absolute Gasteiger partial charge is 0.497 e. The van der Waals surface area contributed by atoms with Crippen LogP contribution in [-0.2, 0) is 4.74 Å². The monoisotopic (exact) mass is 379 g/mol. The van der Waals surface area contributed by atoms with E-state index in [0.717, 1.165) is 6.07 Å². The van der Waals surface area contributed by atoms with Gasteiger partial charge in [0.25, 0.3) is 0 Å². The molecule has 27 heavy (non-hydrogen) atoms. The molecule has 1 aromatic rings. The molecule has 0 spiro atoms. The first-order valence-corrected chi connectivity index (χ1v) is 7.94. The van der Waals surface area contributed by atoms with Crippen LogP contribution in [-0.4, -0.2) is 31.5 Å². The molecule has 0 aliphatic rings. The molecule has 0 aliphatic heterocycles. The van der Waals surface area contributed by atoms with Gasteiger partial charge in [-0.15, -0.1) is 13.2 Å². The van der Waals surface area contributed by atoms with Crippen molar-refractivity contribution in [1.82, 2.24) is 0 Å². The van der Waals surface area contributed by atoms with Gasteiger partial charge in [0.1, 0.15) is 12.4 Å². The van der Waals surface area contributed by atoms with Crippen molar-refractivity contribution in [1.29, 1.82) is 0 Å². The summed E-state index contributed by atoms with van der Waals surface area (Å²) in [4.78, 5) is 16.2. The van der Waals surface area contributed by atoms with Gasteiger partial charge in [-0.25, -0.2) is 0 Å². The highest BCUT2D eigenvalue weighted by atomic mass is 19.4. The highest BCUT2D eigenvalue weighted by Crippen LogP contribution is 2.27. The maximum atomic E-state index is 12.4. The Labute approximate surface area is 156 Å². The molecule has 0 heterocycles. The predicted octanol–water partition coefficient (Wildman–Crippen LogP) is 5.06. The number of carbonyl (C=O) groups is 1. The van der Waals surface area contributed by atoms with E-state index in [1.807, 2.05) is 0 Å². The highest BCUT2D eigenvalue weighted by Gasteiger charge is 2.32. The number of alkyl halides is 3. The second-order valence-corrected chi connectivity index (χ2v) is 5.02. The van der Waals surface area contributed by atoms with Crippen LogP contribution in [0, 0.1) is 0 Å². The van der Waals surface area contributed by atoms with Crippen molar-refractivity contribution in [3.8, 4) is 5.75 Å². The SMILES string of the molecule is C=C/C=C\OC/C=C/C(/C=C\CC(=O)c1ccccc1OC(F)(F)F)=NC. The zero-order valence-electron chi connectivity index (χ0n) is 14.8. The fourth-order valence-electron chi connectivity index (χ4n) is 1.90. The summed E-state index contributed by atoms with van der Waals surface area (Å²) in [5, 5.41) is 0. The van der Waals surface area contributed by atoms with Crippen molar-refractivity contribution in [2.75, 3.05) is 13.7 Å². The third kappa shape index (κ3) is 9.25. The van der Waals surface area contributed by atoms with E-state index < -0.39 is 17.9 Å². The number of ketones is 1. The van der Waals surface area contributed by atoms with Gasteiger partial charge < -0.3 is 9.47 Å². The molecule has 0 aliphatic carbocycles. The van der Waals surface area contributed by atoms with Crippen molar-refractivity contribution < 1.29 is 27.4 Å². The summed E-state index contributed by atoms with van der Waals surface area (Å²) in [6, 6.07) is 5.24. The Hall–Kier alpha value is -3.09. The molecule has 7 heteroatoms. The second-order valence-electron chi connectivity index (χ2n) is 5.02. The summed E-state index contributed by atoms with van der Waals surface area (Å²) in [7, 11) is 1.58. The van der Waals surface area contributed by atoms with Crippen LogP contribution in [0.25, 0.3) is 0 Å². The Morgan fingerprint density at radius 1 is 1.22 bits per heavy atom. The van der Waals surface area contributed by atoms with Crippen molar-refractivity contribution >= 4 is 11.5 Å². The molecule has 0 unspecified atom stereocenters. The van der Waals surface area contributed by atoms with E-state index in [-0.39, 0.29) is 12.0 Å². The molecule has 0 radical (unpaired) electrons. The van der Waals surface area contributed by atoms with E-state index in [4.69, 9.17) is 4.74 Å². The van der Waals surface area contributed by atoms with Gasteiger partial charge in [-0.1, -0.05) is 30.9 Å². The summed E-state index contributed by atoms with van der Waals surface area (Å²) in [5.74, 6) is -1.01. The third-order valence-corrected chi connectivity index (χ3v) is 3.06. The number of halogens is 3. The zero-order valence-corrected chi connectivity index (χ0v) is 14.8. The first-order chi connectivity index (χ1) is 12.9. The molecule has 0 fully saturated rings. The van der Waals surface area contributed by atoms with Crippen molar-refractivity contribution in [3.05, 3.63) is 79.1 Å². The van der Waals surface area contributed by atoms with Crippen molar-refractivity contribution in [2.24, 2.45) is 4.99 Å². The van der Waals surface area contributed by atoms with Gasteiger partial charge >= 0.3 is 6.36 Å². The number of hydrogen-bond acceptors (Lipinski definition) is 4. The fourth-order valence-corrected chi connectivity index (χ4v) is 1.90. The van der Waals surface area contributed by atoms with Gasteiger partial charge in [0, 0.05) is 13.5 Å². The van der Waals surface area contributed by atoms with Gasteiger partial charge in [-0.05, 0) is 36.4 Å². The number of allylic oxidation sites excluding steroid dienone is 5. The molecule has 144 valence electrons. The molecular formula is C20H20F3NO3. The number of benzene rings is 1. The van der Waals surface area contributed by atoms with Crippen LogP contribution in [0.4, 0.5) is 13.2 Å². The summed E-state index contributed by atoms with van der Waals surface area (Å²) in [6.45, 7) is 3.84. The van der Waals surface area contributed by atoms with Gasteiger partial charge in [0.05, 0.1) is 17.5 Å². The number of ether oxygens (including phenoxy) is 2. The minimum atomic E-state index is -4.86. The molecule has 1 rings (SSSR count). The van der Waals surface area contributed by atoms with E-state index in [9.17, 15) is 18.0 Å². The van der Waals surface area contributed by atoms with Crippen LogP contribution < -0.4 is 4.74 Å². The van der Waals surface area contributed by atoms with Crippen LogP contribution in [0.5, 0.6) is 5.75 Å². The average Bonchev–Trinajstić information content (AvgIpc) is 2.62. The van der Waals surface area contributed by atoms with Gasteiger partial charge in [0.2, 0.25) is 0 Å². The molecule has 0 saturated carbocycles. The summed E-state index contributed by atoms with van der Waals surface area (Å²) >= 11 is 0. The third-order valence-electron chi connectivity index (χ3n) is 3.06. The Kier molecular flexibility index (Phi) is 9.36. The fraction of sp³-hybridized carbons (Fsp3) is 0.200. The van der Waals surface area contributed by atoms with Gasteiger partial charge in [-0.3, -0.25) is 9.79 Å². The summed E-state index contributed by atoms with van der Waals surface area (Å²) in [5.41, 5.74) is 0.450. The van der Waals surface area contributed by atoms with Crippen LogP contribution >= 0.6 is 0 Å². The van der Waals surface area contributed by atoms with Crippen LogP contribution in [0.15, 0.2) is 78.6 Å². The molecule has 0 amide bonds. The van der Waals surface area contributed by atoms with Gasteiger partial charge in [-0.2, -0.15) is 0 Å². The number of hydrogen-bond donors (Lipinski definition) is 0. The zero-order chi connectivity index (χ0) is 20.1. The maximum Gasteiger partial charge on any atom is 0.573 e. The topological polar surface area (TPSA) is 47.9 Å². The number of rotatable bonds is 10. The Bertz CT molecular complexity index is 747. The van der Waals surface area contributed by atoms with Crippen LogP contribution in [0.2, 0.25) is 0 Å². The summed E-state index contributed by atoms with van der Waals surface area (Å²) < 4.78 is 46.3. The lowest BCUT2D eigenvalue weighted by Gasteiger charge is -2.11. The minimum absolute atomic E-state index is 0.0936. The Morgan fingerprint density at radius 3 is 2.59 bits per heavy atom. The van der Waals surface area contributed by atoms with E-state index >= 15 is 0 Å². The molecule has 0 atom stereocenters. The maximum absolute atomic E-state index is 12.4. The first-order valence-electron chi connectivity index (χ1n) is 7.94. The minimum Gasteiger partial charge on any atom is -0.497 e. The molecule has 0 N–H and O–H groups in total. The highest BCUT2D eigenvalue weighted by molar-refractivity contribution is 6.05. The number of aliphatic imine (C=N–C) groups is 1. The van der Waals surface area contributed by atoms with Crippen LogP contribution in [0.3, 0.4) is 0 Å². The molecule has 0 saturated heterocycles. The number of carbonyl (C=O) groups excluding carboxylic acids is 1. The molecule has 0 aromatic heterocycles. The molecular weight excluding hydrogens is 359 g/mol. The lowest BCUT2D eigenvalue weighted by molar-refractivity contribution is -0.274. The number of Topliss-reactive ketones (excluding diaryl/α,β-unsaturated/α-hetero) is 1. The van der Waals surface area contributed by atoms with E-state index in [0.29, 0.717) is 12.3 Å². The van der Waals surface area contributed by atoms with Crippen LogP contribution in [0.1, 0.15) is 16.8 Å². The van der Waals surface area contributed by atoms with Gasteiger partial charge in [0.15, 0.2) is 5.78 Å². The number of para-hydroxylation sites is 1. The average molecular weight is 379 g/mol. The lowest BCUT2D eigenvalue weighted by atomic mass is 10.1. The molecule has 4 nitrogen and oxygen atoms in total. The van der Waals surface area contributed by atoms with Crippen molar-refractivity contribution in [2.45, 2.75) is 12.8 Å². The second kappa shape index (κ2) is 11.5. The largest absolute Gasteiger partial charge is 0.573 e.